The number of sulfonamides is 1. The van der Waals surface area contributed by atoms with Crippen LogP contribution in [0, 0.1) is 0 Å². The van der Waals surface area contributed by atoms with Crippen molar-refractivity contribution in [2.24, 2.45) is 0 Å². The lowest BCUT2D eigenvalue weighted by molar-refractivity contribution is -0.121. The molecule has 6 nitrogen and oxygen atoms in total. The van der Waals surface area contributed by atoms with Crippen molar-refractivity contribution in [3.63, 3.8) is 0 Å². The highest BCUT2D eigenvalue weighted by atomic mass is 32.2. The Labute approximate surface area is 137 Å². The van der Waals surface area contributed by atoms with Crippen LogP contribution in [0.4, 0.5) is 0 Å². The number of methoxy groups -OCH3 is 1. The predicted octanol–water partition coefficient (Wildman–Crippen LogP) is 1.17. The van der Waals surface area contributed by atoms with Crippen molar-refractivity contribution < 1.29 is 17.9 Å². The Balaban J connectivity index is 1.72. The molecule has 128 valence electrons. The number of benzene rings is 1. The van der Waals surface area contributed by atoms with Crippen molar-refractivity contribution >= 4 is 15.9 Å². The maximum absolute atomic E-state index is 11.9. The summed E-state index contributed by atoms with van der Waals surface area (Å²) in [5.41, 5.74) is 1.08. The van der Waals surface area contributed by atoms with Crippen LogP contribution in [-0.4, -0.2) is 51.1 Å². The van der Waals surface area contributed by atoms with E-state index in [9.17, 15) is 13.2 Å². The van der Waals surface area contributed by atoms with Crippen molar-refractivity contribution in [2.75, 3.05) is 26.5 Å². The summed E-state index contributed by atoms with van der Waals surface area (Å²) in [6.07, 6.45) is 3.89. The quantitative estimate of drug-likeness (QED) is 0.732. The summed E-state index contributed by atoms with van der Waals surface area (Å²) >= 11 is 0. The van der Waals surface area contributed by atoms with E-state index in [1.807, 2.05) is 24.3 Å². The molecule has 1 saturated carbocycles. The molecule has 0 heterocycles. The van der Waals surface area contributed by atoms with E-state index in [-0.39, 0.29) is 24.9 Å². The molecule has 23 heavy (non-hydrogen) atoms. The van der Waals surface area contributed by atoms with Crippen molar-refractivity contribution in [1.29, 1.82) is 0 Å². The predicted molar refractivity (Wildman–Crippen MR) is 88.9 cm³/mol. The van der Waals surface area contributed by atoms with Crippen molar-refractivity contribution in [3.05, 3.63) is 29.8 Å². The Hall–Kier alpha value is -1.60. The van der Waals surface area contributed by atoms with Crippen LogP contribution in [0.3, 0.4) is 0 Å². The monoisotopic (exact) mass is 340 g/mol. The highest BCUT2D eigenvalue weighted by Gasteiger charge is 2.34. The molecule has 0 atom stereocenters. The van der Waals surface area contributed by atoms with E-state index < -0.39 is 10.0 Å². The molecule has 1 N–H and O–H groups in total. The maximum atomic E-state index is 11.9. The molecule has 0 saturated heterocycles. The molecule has 7 heteroatoms. The molecule has 1 aromatic rings. The molecule has 1 aliphatic carbocycles. The highest BCUT2D eigenvalue weighted by Crippen LogP contribution is 2.28. The third kappa shape index (κ3) is 5.84. The van der Waals surface area contributed by atoms with Gasteiger partial charge in [-0.05, 0) is 37.0 Å². The van der Waals surface area contributed by atoms with Gasteiger partial charge in [0.05, 0.1) is 13.4 Å². The van der Waals surface area contributed by atoms with Crippen LogP contribution in [-0.2, 0) is 21.2 Å². The van der Waals surface area contributed by atoms with Crippen molar-refractivity contribution in [3.8, 4) is 5.75 Å². The zero-order valence-electron chi connectivity index (χ0n) is 13.6. The molecule has 0 bridgehead atoms. The van der Waals surface area contributed by atoms with E-state index in [1.165, 1.54) is 10.6 Å². The van der Waals surface area contributed by atoms with E-state index in [0.717, 1.165) is 24.2 Å². The first-order valence-electron chi connectivity index (χ1n) is 7.76. The van der Waals surface area contributed by atoms with Gasteiger partial charge in [-0.15, -0.1) is 0 Å². The van der Waals surface area contributed by atoms with Gasteiger partial charge in [0.15, 0.2) is 0 Å². The molecule has 2 rings (SSSR count). The van der Waals surface area contributed by atoms with Crippen LogP contribution < -0.4 is 10.1 Å². The minimum atomic E-state index is -3.23. The second-order valence-corrected chi connectivity index (χ2v) is 7.74. The number of ether oxygens (including phenoxy) is 1. The van der Waals surface area contributed by atoms with E-state index >= 15 is 0 Å². The van der Waals surface area contributed by atoms with E-state index in [4.69, 9.17) is 4.74 Å². The lowest BCUT2D eigenvalue weighted by Gasteiger charge is -2.18. The number of amides is 1. The third-order valence-corrected chi connectivity index (χ3v) is 5.14. The van der Waals surface area contributed by atoms with Crippen LogP contribution in [0.25, 0.3) is 0 Å². The van der Waals surface area contributed by atoms with Gasteiger partial charge < -0.3 is 10.1 Å². The second-order valence-electron chi connectivity index (χ2n) is 5.81. The molecule has 0 radical (unpaired) electrons. The van der Waals surface area contributed by atoms with Gasteiger partial charge in [-0.3, -0.25) is 4.79 Å². The van der Waals surface area contributed by atoms with E-state index in [2.05, 4.69) is 5.32 Å². The van der Waals surface area contributed by atoms with Crippen LogP contribution in [0.15, 0.2) is 24.3 Å². The summed E-state index contributed by atoms with van der Waals surface area (Å²) in [7, 11) is -1.61. The fourth-order valence-electron chi connectivity index (χ4n) is 2.46. The Morgan fingerprint density at radius 1 is 1.39 bits per heavy atom. The third-order valence-electron chi connectivity index (χ3n) is 3.81. The minimum Gasteiger partial charge on any atom is -0.497 e. The summed E-state index contributed by atoms with van der Waals surface area (Å²) in [6.45, 7) is 0.781. The first kappa shape index (κ1) is 17.7. The van der Waals surface area contributed by atoms with Crippen LogP contribution in [0.2, 0.25) is 0 Å². The van der Waals surface area contributed by atoms with E-state index in [1.54, 1.807) is 7.11 Å². The molecule has 1 fully saturated rings. The topological polar surface area (TPSA) is 75.7 Å². The lowest BCUT2D eigenvalue weighted by Crippen LogP contribution is -2.36. The Bertz CT molecular complexity index is 641. The average Bonchev–Trinajstić information content (AvgIpc) is 3.31. The fourth-order valence-corrected chi connectivity index (χ4v) is 3.63. The normalized spacial score (nSPS) is 14.7. The summed E-state index contributed by atoms with van der Waals surface area (Å²) < 4.78 is 29.9. The molecule has 1 aromatic carbocycles. The van der Waals surface area contributed by atoms with E-state index in [0.29, 0.717) is 13.0 Å². The van der Waals surface area contributed by atoms with Gasteiger partial charge in [0.2, 0.25) is 15.9 Å². The second kappa shape index (κ2) is 7.79. The SMILES string of the molecule is COc1cccc(CCNC(=O)CCN(C2CC2)S(C)(=O)=O)c1. The van der Waals surface area contributed by atoms with Gasteiger partial charge in [0.1, 0.15) is 5.75 Å². The first-order chi connectivity index (χ1) is 10.9. The molecule has 1 aliphatic rings. The standard InChI is InChI=1S/C16H24N2O4S/c1-22-15-5-3-4-13(12-15)8-10-17-16(19)9-11-18(14-6-7-14)23(2,20)21/h3-5,12,14H,6-11H2,1-2H3,(H,17,19). The Morgan fingerprint density at radius 2 is 2.13 bits per heavy atom. The van der Waals surface area contributed by atoms with Gasteiger partial charge >= 0.3 is 0 Å². The van der Waals surface area contributed by atoms with Crippen molar-refractivity contribution in [2.45, 2.75) is 31.7 Å². The summed E-state index contributed by atoms with van der Waals surface area (Å²) in [5, 5.41) is 2.83. The minimum absolute atomic E-state index is 0.0922. The molecular weight excluding hydrogens is 316 g/mol. The van der Waals surface area contributed by atoms with Gasteiger partial charge in [0.25, 0.3) is 0 Å². The van der Waals surface area contributed by atoms with Gasteiger partial charge in [-0.1, -0.05) is 12.1 Å². The zero-order chi connectivity index (χ0) is 16.9. The van der Waals surface area contributed by atoms with Gasteiger partial charge in [0, 0.05) is 25.6 Å². The number of carbonyl (C=O) groups excluding carboxylic acids is 1. The molecule has 0 spiro atoms. The number of nitrogens with zero attached hydrogens (tertiary/aromatic N) is 1. The van der Waals surface area contributed by atoms with Crippen molar-refractivity contribution in [1.82, 2.24) is 9.62 Å². The number of carbonyl (C=O) groups is 1. The zero-order valence-corrected chi connectivity index (χ0v) is 14.4. The number of hydrogen-bond donors (Lipinski definition) is 1. The maximum Gasteiger partial charge on any atom is 0.221 e. The lowest BCUT2D eigenvalue weighted by atomic mass is 10.1. The summed E-state index contributed by atoms with van der Waals surface area (Å²) in [5.74, 6) is 0.671. The molecule has 1 amide bonds. The number of rotatable bonds is 9. The fraction of sp³-hybridized carbons (Fsp3) is 0.562. The average molecular weight is 340 g/mol. The van der Waals surface area contributed by atoms with Crippen LogP contribution in [0.5, 0.6) is 5.75 Å². The highest BCUT2D eigenvalue weighted by molar-refractivity contribution is 7.88. The Kier molecular flexibility index (Phi) is 6.01. The van der Waals surface area contributed by atoms with Gasteiger partial charge in [-0.25, -0.2) is 8.42 Å². The molecule has 0 aliphatic heterocycles. The molecule has 0 unspecified atom stereocenters. The molecular formula is C16H24N2O4S. The Morgan fingerprint density at radius 3 is 2.74 bits per heavy atom. The summed E-state index contributed by atoms with van der Waals surface area (Å²) in [4.78, 5) is 11.9. The number of nitrogens with one attached hydrogen (secondary N) is 1. The largest absolute Gasteiger partial charge is 0.497 e. The molecule has 0 aromatic heterocycles. The van der Waals surface area contributed by atoms with Crippen LogP contribution >= 0.6 is 0 Å². The van der Waals surface area contributed by atoms with Crippen LogP contribution in [0.1, 0.15) is 24.8 Å². The first-order valence-corrected chi connectivity index (χ1v) is 9.61. The smallest absolute Gasteiger partial charge is 0.221 e. The van der Waals surface area contributed by atoms with Gasteiger partial charge in [-0.2, -0.15) is 4.31 Å². The number of hydrogen-bond acceptors (Lipinski definition) is 4. The summed E-state index contributed by atoms with van der Waals surface area (Å²) in [6, 6.07) is 7.79.